The van der Waals surface area contributed by atoms with E-state index in [0.29, 0.717) is 11.4 Å². The van der Waals surface area contributed by atoms with Crippen molar-refractivity contribution in [1.82, 2.24) is 0 Å². The van der Waals surface area contributed by atoms with Crippen molar-refractivity contribution < 1.29 is 13.2 Å². The molecule has 0 aromatic heterocycles. The summed E-state index contributed by atoms with van der Waals surface area (Å²) in [6.07, 6.45) is 0. The van der Waals surface area contributed by atoms with Gasteiger partial charge in [-0.3, -0.25) is 9.10 Å². The first kappa shape index (κ1) is 17.3. The summed E-state index contributed by atoms with van der Waals surface area (Å²) >= 11 is 4.75. The highest BCUT2D eigenvalue weighted by molar-refractivity contribution is 9.10. The Morgan fingerprint density at radius 2 is 1.83 bits per heavy atom. The Bertz CT molecular complexity index is 898. The Balaban J connectivity index is 1.97. The number of thioether (sulfide) groups is 1. The third-order valence-corrected chi connectivity index (χ3v) is 7.22. The summed E-state index contributed by atoms with van der Waals surface area (Å²) in [5, 5.41) is 2.57. The second kappa shape index (κ2) is 6.42. The Kier molecular flexibility index (Phi) is 4.63. The maximum Gasteiger partial charge on any atom is 0.264 e. The molecule has 1 aliphatic heterocycles. The molecule has 0 radical (unpaired) electrons. The van der Waals surface area contributed by atoms with Crippen LogP contribution in [0.15, 0.2) is 56.7 Å². The summed E-state index contributed by atoms with van der Waals surface area (Å²) in [5.74, 6) is -0.122. The Morgan fingerprint density at radius 3 is 2.50 bits per heavy atom. The van der Waals surface area contributed by atoms with Gasteiger partial charge in [-0.05, 0) is 49.4 Å². The zero-order chi connectivity index (χ0) is 17.5. The first-order valence-corrected chi connectivity index (χ1v) is 10.3. The van der Waals surface area contributed by atoms with E-state index in [0.717, 1.165) is 9.37 Å². The van der Waals surface area contributed by atoms with Gasteiger partial charge in [-0.25, -0.2) is 8.42 Å². The van der Waals surface area contributed by atoms with Crippen LogP contribution in [0.25, 0.3) is 0 Å². The summed E-state index contributed by atoms with van der Waals surface area (Å²) in [6, 6.07) is 11.8. The maximum absolute atomic E-state index is 12.8. The van der Waals surface area contributed by atoms with Gasteiger partial charge in [0.05, 0.1) is 21.5 Å². The molecule has 1 N–H and O–H groups in total. The van der Waals surface area contributed by atoms with E-state index in [1.807, 2.05) is 6.92 Å². The average molecular weight is 427 g/mol. The zero-order valence-corrected chi connectivity index (χ0v) is 16.2. The Hall–Kier alpha value is -1.51. The van der Waals surface area contributed by atoms with Crippen LogP contribution in [-0.2, 0) is 14.8 Å². The van der Waals surface area contributed by atoms with Gasteiger partial charge in [-0.1, -0.05) is 15.9 Å². The SMILES string of the molecule is CC1Sc2ccc(S(=O)(=O)N(C)c3ccc(Br)cc3)cc2NC1=O. The normalized spacial score (nSPS) is 17.1. The van der Waals surface area contributed by atoms with Crippen molar-refractivity contribution in [3.8, 4) is 0 Å². The quantitative estimate of drug-likeness (QED) is 0.811. The number of carbonyl (C=O) groups excluding carboxylic acids is 1. The maximum atomic E-state index is 12.8. The fraction of sp³-hybridized carbons (Fsp3) is 0.188. The summed E-state index contributed by atoms with van der Waals surface area (Å²) in [6.45, 7) is 1.81. The second-order valence-corrected chi connectivity index (χ2v) is 9.62. The van der Waals surface area contributed by atoms with Crippen molar-refractivity contribution in [2.45, 2.75) is 22.0 Å². The number of nitrogens with one attached hydrogen (secondary N) is 1. The van der Waals surface area contributed by atoms with Crippen molar-refractivity contribution >= 4 is 55.0 Å². The molecule has 1 heterocycles. The van der Waals surface area contributed by atoms with Gasteiger partial charge in [0.15, 0.2) is 0 Å². The van der Waals surface area contributed by atoms with E-state index in [1.54, 1.807) is 36.4 Å². The molecule has 0 saturated carbocycles. The van der Waals surface area contributed by atoms with Crippen LogP contribution in [-0.4, -0.2) is 26.6 Å². The summed E-state index contributed by atoms with van der Waals surface area (Å²) < 4.78 is 27.8. The Morgan fingerprint density at radius 1 is 1.17 bits per heavy atom. The molecule has 1 atom stereocenters. The largest absolute Gasteiger partial charge is 0.324 e. The van der Waals surface area contributed by atoms with E-state index in [9.17, 15) is 13.2 Å². The molecule has 0 aliphatic carbocycles. The molecule has 5 nitrogen and oxygen atoms in total. The first-order chi connectivity index (χ1) is 11.3. The molecule has 0 bridgehead atoms. The van der Waals surface area contributed by atoms with E-state index >= 15 is 0 Å². The molecule has 0 fully saturated rings. The molecular formula is C16H15BrN2O3S2. The number of rotatable bonds is 3. The molecule has 24 heavy (non-hydrogen) atoms. The van der Waals surface area contributed by atoms with Crippen LogP contribution in [0.5, 0.6) is 0 Å². The van der Waals surface area contributed by atoms with Gasteiger partial charge in [-0.2, -0.15) is 0 Å². The average Bonchev–Trinajstić information content (AvgIpc) is 2.55. The van der Waals surface area contributed by atoms with Crippen LogP contribution in [0.2, 0.25) is 0 Å². The van der Waals surface area contributed by atoms with E-state index in [2.05, 4.69) is 21.2 Å². The third kappa shape index (κ3) is 3.18. The molecule has 2 aromatic carbocycles. The van der Waals surface area contributed by atoms with Crippen LogP contribution >= 0.6 is 27.7 Å². The van der Waals surface area contributed by atoms with Crippen LogP contribution in [0, 0.1) is 0 Å². The van der Waals surface area contributed by atoms with Gasteiger partial charge in [0.2, 0.25) is 5.91 Å². The number of halogens is 1. The van der Waals surface area contributed by atoms with E-state index in [-0.39, 0.29) is 16.1 Å². The van der Waals surface area contributed by atoms with Crippen molar-refractivity contribution in [3.63, 3.8) is 0 Å². The van der Waals surface area contributed by atoms with Crippen LogP contribution in [0.1, 0.15) is 6.92 Å². The number of benzene rings is 2. The number of fused-ring (bicyclic) bond motifs is 1. The number of anilines is 2. The highest BCUT2D eigenvalue weighted by Crippen LogP contribution is 2.37. The number of sulfonamides is 1. The Labute approximate surface area is 153 Å². The van der Waals surface area contributed by atoms with Gasteiger partial charge in [0, 0.05) is 16.4 Å². The molecule has 8 heteroatoms. The lowest BCUT2D eigenvalue weighted by Crippen LogP contribution is -2.28. The summed E-state index contributed by atoms with van der Waals surface area (Å²) in [4.78, 5) is 12.8. The summed E-state index contributed by atoms with van der Waals surface area (Å²) in [5.41, 5.74) is 1.09. The monoisotopic (exact) mass is 426 g/mol. The topological polar surface area (TPSA) is 66.5 Å². The van der Waals surface area contributed by atoms with Gasteiger partial charge < -0.3 is 5.32 Å². The lowest BCUT2D eigenvalue weighted by atomic mass is 10.3. The number of amides is 1. The van der Waals surface area contributed by atoms with Crippen molar-refractivity contribution in [2.24, 2.45) is 0 Å². The van der Waals surface area contributed by atoms with Crippen LogP contribution < -0.4 is 9.62 Å². The van der Waals surface area contributed by atoms with Gasteiger partial charge >= 0.3 is 0 Å². The lowest BCUT2D eigenvalue weighted by Gasteiger charge is -2.24. The fourth-order valence-electron chi connectivity index (χ4n) is 2.30. The molecule has 0 saturated heterocycles. The molecule has 0 spiro atoms. The smallest absolute Gasteiger partial charge is 0.264 e. The van der Waals surface area contributed by atoms with Crippen molar-refractivity contribution in [2.75, 3.05) is 16.7 Å². The second-order valence-electron chi connectivity index (χ2n) is 5.36. The molecule has 2 aromatic rings. The summed E-state index contributed by atoms with van der Waals surface area (Å²) in [7, 11) is -2.20. The third-order valence-electron chi connectivity index (χ3n) is 3.73. The molecular weight excluding hydrogens is 412 g/mol. The first-order valence-electron chi connectivity index (χ1n) is 7.15. The molecule has 3 rings (SSSR count). The highest BCUT2D eigenvalue weighted by Gasteiger charge is 2.27. The predicted molar refractivity (Wildman–Crippen MR) is 100 cm³/mol. The molecule has 1 aliphatic rings. The van der Waals surface area contributed by atoms with Gasteiger partial charge in [0.1, 0.15) is 0 Å². The van der Waals surface area contributed by atoms with E-state index in [1.165, 1.54) is 29.2 Å². The van der Waals surface area contributed by atoms with Crippen molar-refractivity contribution in [3.05, 3.63) is 46.9 Å². The number of hydrogen-bond acceptors (Lipinski definition) is 4. The minimum absolute atomic E-state index is 0.122. The zero-order valence-electron chi connectivity index (χ0n) is 13.0. The highest BCUT2D eigenvalue weighted by atomic mass is 79.9. The van der Waals surface area contributed by atoms with E-state index < -0.39 is 10.0 Å². The standard InChI is InChI=1S/C16H15BrN2O3S2/c1-10-16(20)18-14-9-13(7-8-15(14)23-10)24(21,22)19(2)12-5-3-11(17)4-6-12/h3-10H,1-2H3,(H,18,20). The minimum Gasteiger partial charge on any atom is -0.324 e. The molecule has 1 unspecified atom stereocenters. The molecule has 1 amide bonds. The number of nitrogens with zero attached hydrogens (tertiary/aromatic N) is 1. The number of hydrogen-bond donors (Lipinski definition) is 1. The van der Waals surface area contributed by atoms with Crippen molar-refractivity contribution in [1.29, 1.82) is 0 Å². The molecule has 126 valence electrons. The van der Waals surface area contributed by atoms with Crippen LogP contribution in [0.3, 0.4) is 0 Å². The van der Waals surface area contributed by atoms with Gasteiger partial charge in [-0.15, -0.1) is 11.8 Å². The lowest BCUT2D eigenvalue weighted by molar-refractivity contribution is -0.115. The van der Waals surface area contributed by atoms with E-state index in [4.69, 9.17) is 0 Å². The van der Waals surface area contributed by atoms with Gasteiger partial charge in [0.25, 0.3) is 10.0 Å². The van der Waals surface area contributed by atoms with Crippen LogP contribution in [0.4, 0.5) is 11.4 Å². The predicted octanol–water partition coefficient (Wildman–Crippen LogP) is 3.71. The fourth-order valence-corrected chi connectivity index (χ4v) is 4.71. The minimum atomic E-state index is -3.71. The number of carbonyl (C=O) groups is 1.